The molecule has 0 aliphatic rings. The predicted molar refractivity (Wildman–Crippen MR) is 51.7 cm³/mol. The van der Waals surface area contributed by atoms with E-state index in [0.29, 0.717) is 6.54 Å². The first-order valence-corrected chi connectivity index (χ1v) is 4.05. The van der Waals surface area contributed by atoms with E-state index in [1.54, 1.807) is 6.20 Å². The largest absolute Gasteiger partial charge is 0.330 e. The molecule has 0 spiro atoms. The Bertz CT molecular complexity index is 279. The molecule has 0 unspecified atom stereocenters. The number of hydrogen-bond donors (Lipinski definition) is 1. The van der Waals surface area contributed by atoms with Gasteiger partial charge in [-0.3, -0.25) is 4.98 Å². The summed E-state index contributed by atoms with van der Waals surface area (Å²) in [5.74, 6) is 0. The van der Waals surface area contributed by atoms with Crippen LogP contribution >= 0.6 is 0 Å². The molecule has 0 aliphatic heterocycles. The van der Waals surface area contributed by atoms with Crippen molar-refractivity contribution in [3.63, 3.8) is 0 Å². The second-order valence-corrected chi connectivity index (χ2v) is 2.81. The summed E-state index contributed by atoms with van der Waals surface area (Å²) in [4.78, 5) is 4.24. The van der Waals surface area contributed by atoms with Crippen molar-refractivity contribution >= 4 is 5.57 Å². The third-order valence-electron chi connectivity index (χ3n) is 1.79. The van der Waals surface area contributed by atoms with E-state index in [2.05, 4.69) is 11.6 Å². The number of nitrogens with zero attached hydrogens (tertiary/aromatic N) is 1. The lowest BCUT2D eigenvalue weighted by atomic mass is 10.1. The SMILES string of the molecule is C=C(CCN)c1ncccc1C. The molecule has 2 heteroatoms. The van der Waals surface area contributed by atoms with E-state index in [-0.39, 0.29) is 0 Å². The maximum atomic E-state index is 5.43. The Morgan fingerprint density at radius 3 is 3.00 bits per heavy atom. The first-order valence-electron chi connectivity index (χ1n) is 4.05. The third-order valence-corrected chi connectivity index (χ3v) is 1.79. The Hall–Kier alpha value is -1.15. The third kappa shape index (κ3) is 1.92. The first kappa shape index (κ1) is 8.94. The quantitative estimate of drug-likeness (QED) is 0.735. The zero-order valence-corrected chi connectivity index (χ0v) is 7.38. The average molecular weight is 162 g/mol. The summed E-state index contributed by atoms with van der Waals surface area (Å²) in [5, 5.41) is 0. The van der Waals surface area contributed by atoms with Gasteiger partial charge in [0, 0.05) is 6.20 Å². The molecular formula is C10H14N2. The average Bonchev–Trinajstić information content (AvgIpc) is 2.05. The van der Waals surface area contributed by atoms with Crippen LogP contribution in [0, 0.1) is 6.92 Å². The van der Waals surface area contributed by atoms with E-state index in [9.17, 15) is 0 Å². The number of rotatable bonds is 3. The maximum Gasteiger partial charge on any atom is 0.0685 e. The minimum Gasteiger partial charge on any atom is -0.330 e. The summed E-state index contributed by atoms with van der Waals surface area (Å²) in [6.45, 7) is 6.60. The van der Waals surface area contributed by atoms with Crippen LogP contribution in [-0.4, -0.2) is 11.5 Å². The molecule has 0 fully saturated rings. The molecule has 1 aromatic rings. The summed E-state index contributed by atoms with van der Waals surface area (Å²) in [5.41, 5.74) is 8.60. The highest BCUT2D eigenvalue weighted by Crippen LogP contribution is 2.15. The molecule has 0 saturated carbocycles. The Labute approximate surface area is 73.1 Å². The minimum absolute atomic E-state index is 0.634. The van der Waals surface area contributed by atoms with Gasteiger partial charge in [0.15, 0.2) is 0 Å². The molecule has 0 aromatic carbocycles. The van der Waals surface area contributed by atoms with Crippen molar-refractivity contribution in [3.8, 4) is 0 Å². The van der Waals surface area contributed by atoms with E-state index in [1.807, 2.05) is 19.1 Å². The number of nitrogens with two attached hydrogens (primary N) is 1. The van der Waals surface area contributed by atoms with Crippen LogP contribution in [0.4, 0.5) is 0 Å². The fourth-order valence-corrected chi connectivity index (χ4v) is 1.15. The molecule has 2 nitrogen and oxygen atoms in total. The summed E-state index contributed by atoms with van der Waals surface area (Å²) < 4.78 is 0. The molecule has 0 aliphatic carbocycles. The van der Waals surface area contributed by atoms with E-state index in [0.717, 1.165) is 23.3 Å². The molecule has 1 heterocycles. The van der Waals surface area contributed by atoms with Crippen LogP contribution < -0.4 is 5.73 Å². The van der Waals surface area contributed by atoms with Gasteiger partial charge in [-0.1, -0.05) is 12.6 Å². The van der Waals surface area contributed by atoms with Crippen LogP contribution in [0.5, 0.6) is 0 Å². The molecule has 1 rings (SSSR count). The highest BCUT2D eigenvalue weighted by molar-refractivity contribution is 5.62. The van der Waals surface area contributed by atoms with Crippen molar-refractivity contribution in [3.05, 3.63) is 36.2 Å². The van der Waals surface area contributed by atoms with E-state index < -0.39 is 0 Å². The van der Waals surface area contributed by atoms with Gasteiger partial charge in [-0.05, 0) is 37.1 Å². The summed E-state index contributed by atoms with van der Waals surface area (Å²) in [6, 6.07) is 3.96. The smallest absolute Gasteiger partial charge is 0.0685 e. The van der Waals surface area contributed by atoms with Crippen LogP contribution in [0.25, 0.3) is 5.57 Å². The van der Waals surface area contributed by atoms with Gasteiger partial charge in [0.1, 0.15) is 0 Å². The Morgan fingerprint density at radius 2 is 2.42 bits per heavy atom. The lowest BCUT2D eigenvalue weighted by molar-refractivity contribution is 1.01. The molecule has 2 N–H and O–H groups in total. The molecule has 0 bridgehead atoms. The van der Waals surface area contributed by atoms with E-state index in [4.69, 9.17) is 5.73 Å². The fraction of sp³-hybridized carbons (Fsp3) is 0.300. The normalized spacial score (nSPS) is 9.83. The van der Waals surface area contributed by atoms with Crippen molar-refractivity contribution in [2.24, 2.45) is 5.73 Å². The molecule has 64 valence electrons. The van der Waals surface area contributed by atoms with Crippen molar-refractivity contribution in [2.75, 3.05) is 6.54 Å². The van der Waals surface area contributed by atoms with Crippen molar-refractivity contribution in [1.29, 1.82) is 0 Å². The van der Waals surface area contributed by atoms with Gasteiger partial charge in [0.05, 0.1) is 5.69 Å². The molecule has 0 radical (unpaired) electrons. The maximum absolute atomic E-state index is 5.43. The second kappa shape index (κ2) is 4.02. The Kier molecular flexibility index (Phi) is 3.00. The summed E-state index contributed by atoms with van der Waals surface area (Å²) >= 11 is 0. The number of aromatic nitrogens is 1. The van der Waals surface area contributed by atoms with Crippen LogP contribution in [0.1, 0.15) is 17.7 Å². The van der Waals surface area contributed by atoms with Crippen LogP contribution in [0.2, 0.25) is 0 Å². The highest BCUT2D eigenvalue weighted by Gasteiger charge is 2.01. The zero-order valence-electron chi connectivity index (χ0n) is 7.38. The highest BCUT2D eigenvalue weighted by atomic mass is 14.7. The first-order chi connectivity index (χ1) is 5.75. The molecule has 0 amide bonds. The van der Waals surface area contributed by atoms with Crippen molar-refractivity contribution in [2.45, 2.75) is 13.3 Å². The molecular weight excluding hydrogens is 148 g/mol. The predicted octanol–water partition coefficient (Wildman–Crippen LogP) is 1.75. The monoisotopic (exact) mass is 162 g/mol. The summed E-state index contributed by atoms with van der Waals surface area (Å²) in [6.07, 6.45) is 2.60. The molecule has 1 aromatic heterocycles. The number of hydrogen-bond acceptors (Lipinski definition) is 2. The topological polar surface area (TPSA) is 38.9 Å². The molecule has 12 heavy (non-hydrogen) atoms. The van der Waals surface area contributed by atoms with Gasteiger partial charge < -0.3 is 5.73 Å². The van der Waals surface area contributed by atoms with Gasteiger partial charge in [0.25, 0.3) is 0 Å². The van der Waals surface area contributed by atoms with Crippen LogP contribution in [0.15, 0.2) is 24.9 Å². The Morgan fingerprint density at radius 1 is 1.67 bits per heavy atom. The van der Waals surface area contributed by atoms with Crippen molar-refractivity contribution < 1.29 is 0 Å². The Balaban J connectivity index is 2.87. The van der Waals surface area contributed by atoms with Crippen LogP contribution in [-0.2, 0) is 0 Å². The van der Waals surface area contributed by atoms with Crippen molar-refractivity contribution in [1.82, 2.24) is 4.98 Å². The van der Waals surface area contributed by atoms with Crippen LogP contribution in [0.3, 0.4) is 0 Å². The van der Waals surface area contributed by atoms with Gasteiger partial charge >= 0.3 is 0 Å². The van der Waals surface area contributed by atoms with E-state index >= 15 is 0 Å². The van der Waals surface area contributed by atoms with Gasteiger partial charge in [-0.25, -0.2) is 0 Å². The molecule has 0 saturated heterocycles. The standard InChI is InChI=1S/C10H14N2/c1-8-4-3-7-12-10(8)9(2)5-6-11/h3-4,7H,2,5-6,11H2,1H3. The minimum atomic E-state index is 0.634. The van der Waals surface area contributed by atoms with Gasteiger partial charge in [-0.15, -0.1) is 0 Å². The fourth-order valence-electron chi connectivity index (χ4n) is 1.15. The van der Waals surface area contributed by atoms with Gasteiger partial charge in [-0.2, -0.15) is 0 Å². The summed E-state index contributed by atoms with van der Waals surface area (Å²) in [7, 11) is 0. The number of pyridine rings is 1. The van der Waals surface area contributed by atoms with E-state index in [1.165, 1.54) is 0 Å². The number of aryl methyl sites for hydroxylation is 1. The van der Waals surface area contributed by atoms with Gasteiger partial charge in [0.2, 0.25) is 0 Å². The lowest BCUT2D eigenvalue weighted by Crippen LogP contribution is -2.01. The lowest BCUT2D eigenvalue weighted by Gasteiger charge is -2.05. The second-order valence-electron chi connectivity index (χ2n) is 2.81. The molecule has 0 atom stereocenters. The zero-order chi connectivity index (χ0) is 8.97.